The molecule has 0 radical (unpaired) electrons. The van der Waals surface area contributed by atoms with E-state index in [9.17, 15) is 0 Å². The molecule has 0 bridgehead atoms. The van der Waals surface area contributed by atoms with E-state index in [4.69, 9.17) is 0 Å². The minimum Gasteiger partial charge on any atom is -0.378 e. The van der Waals surface area contributed by atoms with Gasteiger partial charge in [-0.1, -0.05) is 102 Å². The van der Waals surface area contributed by atoms with Crippen LogP contribution in [-0.2, 0) is 6.54 Å². The molecule has 0 spiro atoms. The maximum Gasteiger partial charge on any atom is 0.169 e. The van der Waals surface area contributed by atoms with E-state index in [0.717, 1.165) is 6.54 Å². The Morgan fingerprint density at radius 1 is 0.594 bits per heavy atom. The molecular formula is C30H47N2+. The van der Waals surface area contributed by atoms with Gasteiger partial charge in [0.05, 0.1) is 0 Å². The van der Waals surface area contributed by atoms with Crippen LogP contribution in [0, 0.1) is 0 Å². The largest absolute Gasteiger partial charge is 0.378 e. The molecule has 0 aliphatic rings. The van der Waals surface area contributed by atoms with E-state index in [-0.39, 0.29) is 0 Å². The molecule has 2 rings (SSSR count). The monoisotopic (exact) mass is 435 g/mol. The van der Waals surface area contributed by atoms with Crippen molar-refractivity contribution in [3.63, 3.8) is 0 Å². The third-order valence-corrected chi connectivity index (χ3v) is 6.31. The highest BCUT2D eigenvalue weighted by molar-refractivity contribution is 5.70. The van der Waals surface area contributed by atoms with Crippen LogP contribution in [0.3, 0.4) is 0 Å². The van der Waals surface area contributed by atoms with Crippen molar-refractivity contribution in [1.82, 2.24) is 0 Å². The molecule has 0 unspecified atom stereocenters. The molecule has 1 aromatic heterocycles. The maximum atomic E-state index is 2.32. The molecule has 176 valence electrons. The molecule has 2 aromatic rings. The SMILES string of the molecule is CCCCCCCCCCCCCCC[n+]1ccc(/C=C/c2ccc(N(C)C)cc2)cc1. The smallest absolute Gasteiger partial charge is 0.169 e. The average Bonchev–Trinajstić information content (AvgIpc) is 2.81. The van der Waals surface area contributed by atoms with Crippen molar-refractivity contribution in [3.8, 4) is 0 Å². The number of nitrogens with zero attached hydrogens (tertiary/aromatic N) is 2. The lowest BCUT2D eigenvalue weighted by atomic mass is 10.0. The summed E-state index contributed by atoms with van der Waals surface area (Å²) in [7, 11) is 4.14. The van der Waals surface area contributed by atoms with Crippen LogP contribution in [0.4, 0.5) is 5.69 Å². The van der Waals surface area contributed by atoms with Gasteiger partial charge in [0.25, 0.3) is 0 Å². The predicted octanol–water partition coefficient (Wildman–Crippen LogP) is 8.30. The van der Waals surface area contributed by atoms with Crippen molar-refractivity contribution in [1.29, 1.82) is 0 Å². The highest BCUT2D eigenvalue weighted by Gasteiger charge is 2.00. The summed E-state index contributed by atoms with van der Waals surface area (Å²) in [4.78, 5) is 2.13. The zero-order chi connectivity index (χ0) is 22.9. The molecule has 0 atom stereocenters. The zero-order valence-electron chi connectivity index (χ0n) is 21.1. The number of aromatic nitrogens is 1. The Morgan fingerprint density at radius 2 is 1.03 bits per heavy atom. The van der Waals surface area contributed by atoms with Gasteiger partial charge in [-0.05, 0) is 29.7 Å². The minimum absolute atomic E-state index is 1.13. The lowest BCUT2D eigenvalue weighted by molar-refractivity contribution is -0.697. The van der Waals surface area contributed by atoms with Crippen molar-refractivity contribution >= 4 is 17.8 Å². The van der Waals surface area contributed by atoms with Crippen LogP contribution in [-0.4, -0.2) is 14.1 Å². The number of hydrogen-bond acceptors (Lipinski definition) is 1. The second kappa shape index (κ2) is 16.5. The van der Waals surface area contributed by atoms with Gasteiger partial charge in [0, 0.05) is 38.3 Å². The fourth-order valence-electron chi connectivity index (χ4n) is 4.12. The van der Waals surface area contributed by atoms with Crippen LogP contribution in [0.15, 0.2) is 48.8 Å². The molecule has 32 heavy (non-hydrogen) atoms. The summed E-state index contributed by atoms with van der Waals surface area (Å²) in [5, 5.41) is 0. The van der Waals surface area contributed by atoms with Gasteiger partial charge in [-0.15, -0.1) is 0 Å². The summed E-state index contributed by atoms with van der Waals surface area (Å²) in [6.45, 7) is 3.43. The second-order valence-corrected chi connectivity index (χ2v) is 9.43. The van der Waals surface area contributed by atoms with Crippen LogP contribution in [0.25, 0.3) is 12.2 Å². The lowest BCUT2D eigenvalue weighted by Crippen LogP contribution is -2.32. The number of hydrogen-bond donors (Lipinski definition) is 0. The van der Waals surface area contributed by atoms with E-state index in [2.05, 4.69) is 91.4 Å². The molecule has 0 aliphatic carbocycles. The lowest BCUT2D eigenvalue weighted by Gasteiger charge is -2.11. The molecular weight excluding hydrogens is 388 g/mol. The van der Waals surface area contributed by atoms with Crippen molar-refractivity contribution in [3.05, 3.63) is 59.9 Å². The molecule has 0 amide bonds. The third-order valence-electron chi connectivity index (χ3n) is 6.31. The predicted molar refractivity (Wildman–Crippen MR) is 142 cm³/mol. The van der Waals surface area contributed by atoms with Crippen molar-refractivity contribution in [2.45, 2.75) is 96.9 Å². The van der Waals surface area contributed by atoms with Gasteiger partial charge in [0.2, 0.25) is 0 Å². The van der Waals surface area contributed by atoms with Crippen molar-refractivity contribution < 1.29 is 4.57 Å². The van der Waals surface area contributed by atoms with E-state index in [1.54, 1.807) is 0 Å². The molecule has 0 aliphatic heterocycles. The van der Waals surface area contributed by atoms with Crippen LogP contribution < -0.4 is 9.47 Å². The number of rotatable bonds is 17. The first-order valence-corrected chi connectivity index (χ1v) is 13.1. The average molecular weight is 436 g/mol. The Balaban J connectivity index is 1.52. The quantitative estimate of drug-likeness (QED) is 0.179. The normalized spacial score (nSPS) is 11.3. The second-order valence-electron chi connectivity index (χ2n) is 9.43. The van der Waals surface area contributed by atoms with Crippen molar-refractivity contribution in [2.75, 3.05) is 19.0 Å². The van der Waals surface area contributed by atoms with Gasteiger partial charge in [-0.25, -0.2) is 4.57 Å². The Labute approximate surface area is 198 Å². The Bertz CT molecular complexity index is 728. The summed E-state index contributed by atoms with van der Waals surface area (Å²) in [5.74, 6) is 0. The van der Waals surface area contributed by atoms with Crippen LogP contribution in [0.5, 0.6) is 0 Å². The first-order chi connectivity index (χ1) is 15.7. The summed E-state index contributed by atoms with van der Waals surface area (Å²) in [6, 6.07) is 13.1. The number of pyridine rings is 1. The van der Waals surface area contributed by atoms with Gasteiger partial charge in [-0.3, -0.25) is 0 Å². The molecule has 0 N–H and O–H groups in total. The van der Waals surface area contributed by atoms with Crippen LogP contribution in [0.2, 0.25) is 0 Å². The highest BCUT2D eigenvalue weighted by atomic mass is 15.1. The van der Waals surface area contributed by atoms with E-state index >= 15 is 0 Å². The molecule has 0 saturated heterocycles. The highest BCUT2D eigenvalue weighted by Crippen LogP contribution is 2.15. The maximum absolute atomic E-state index is 2.32. The standard InChI is InChI=1S/C30H47N2/c1-4-5-6-7-8-9-10-11-12-13-14-15-16-25-32-26-23-29(24-27-32)18-17-28-19-21-30(22-20-28)31(2)3/h17-24,26-27H,4-16,25H2,1-3H3/q+1. The van der Waals surface area contributed by atoms with E-state index < -0.39 is 0 Å². The number of aryl methyl sites for hydroxylation is 1. The number of unbranched alkanes of at least 4 members (excludes halogenated alkanes) is 12. The van der Waals surface area contributed by atoms with Gasteiger partial charge in [0.15, 0.2) is 12.4 Å². The molecule has 0 fully saturated rings. The Hall–Kier alpha value is -2.09. The Morgan fingerprint density at radius 3 is 1.50 bits per heavy atom. The Kier molecular flexibility index (Phi) is 13.5. The van der Waals surface area contributed by atoms with Crippen LogP contribution in [0.1, 0.15) is 102 Å². The van der Waals surface area contributed by atoms with Crippen molar-refractivity contribution in [2.24, 2.45) is 0 Å². The van der Waals surface area contributed by atoms with E-state index in [1.807, 2.05) is 0 Å². The summed E-state index contributed by atoms with van der Waals surface area (Å²) >= 11 is 0. The van der Waals surface area contributed by atoms with Crippen LogP contribution >= 0.6 is 0 Å². The molecule has 2 heteroatoms. The van der Waals surface area contributed by atoms with Gasteiger partial charge < -0.3 is 4.90 Å². The number of anilines is 1. The minimum atomic E-state index is 1.13. The van der Waals surface area contributed by atoms with E-state index in [0.29, 0.717) is 0 Å². The topological polar surface area (TPSA) is 7.12 Å². The van der Waals surface area contributed by atoms with Gasteiger partial charge >= 0.3 is 0 Å². The summed E-state index contributed by atoms with van der Waals surface area (Å²) in [6.07, 6.45) is 27.2. The fraction of sp³-hybridized carbons (Fsp3) is 0.567. The fourth-order valence-corrected chi connectivity index (χ4v) is 4.12. The molecule has 1 heterocycles. The first kappa shape index (κ1) is 26.2. The van der Waals surface area contributed by atoms with E-state index in [1.165, 1.54) is 100 Å². The molecule has 0 saturated carbocycles. The van der Waals surface area contributed by atoms with Gasteiger partial charge in [0.1, 0.15) is 6.54 Å². The zero-order valence-corrected chi connectivity index (χ0v) is 21.1. The number of benzene rings is 1. The molecule has 1 aromatic carbocycles. The first-order valence-electron chi connectivity index (χ1n) is 13.1. The summed E-state index contributed by atoms with van der Waals surface area (Å²) < 4.78 is 2.32. The third kappa shape index (κ3) is 11.5. The molecule has 2 nitrogen and oxygen atoms in total. The van der Waals surface area contributed by atoms with Gasteiger partial charge in [-0.2, -0.15) is 0 Å². The summed E-state index contributed by atoms with van der Waals surface area (Å²) in [5.41, 5.74) is 3.72.